The van der Waals surface area contributed by atoms with E-state index in [-0.39, 0.29) is 5.78 Å². The molecule has 2 N–H and O–H groups in total. The number of pyridine rings is 1. The van der Waals surface area contributed by atoms with Crippen molar-refractivity contribution in [3.8, 4) is 17.3 Å². The Hall–Kier alpha value is -2.67. The molecule has 0 aliphatic carbocycles. The minimum Gasteiger partial charge on any atom is -0.481 e. The molecule has 0 radical (unpaired) electrons. The minimum absolute atomic E-state index is 0.198. The average Bonchev–Trinajstić information content (AvgIpc) is 3.15. The number of nitrogens with two attached hydrogens (primary N) is 1. The molecule has 0 amide bonds. The van der Waals surface area contributed by atoms with Gasteiger partial charge in [-0.3, -0.25) is 4.79 Å². The van der Waals surface area contributed by atoms with E-state index in [1.807, 2.05) is 0 Å². The number of carbonyl (C=O) groups is 1. The molecule has 21 heavy (non-hydrogen) atoms. The fraction of sp³-hybridized carbons (Fsp3) is 0.0714. The number of nitrogen functional groups attached to an aromatic ring is 1. The number of carbonyl (C=O) groups excluding carboxylic acids is 1. The number of furan rings is 1. The first-order valence-corrected chi connectivity index (χ1v) is 6.85. The number of aromatic nitrogens is 2. The minimum atomic E-state index is -0.198. The van der Waals surface area contributed by atoms with E-state index in [1.165, 1.54) is 19.6 Å². The van der Waals surface area contributed by atoms with Gasteiger partial charge in [-0.25, -0.2) is 9.97 Å². The standard InChI is InChI=1S/C14H11N3O3S/c1-19-10-7-8(4-5-16-10)12(18)13-11(17-14(15)21-13)9-3-2-6-20-9/h2-7H,1H3,(H2,15,17). The van der Waals surface area contributed by atoms with Crippen LogP contribution in [0.3, 0.4) is 0 Å². The molecule has 3 heterocycles. The van der Waals surface area contributed by atoms with Gasteiger partial charge in [0.2, 0.25) is 11.7 Å². The summed E-state index contributed by atoms with van der Waals surface area (Å²) >= 11 is 1.12. The number of nitrogens with zero attached hydrogens (tertiary/aromatic N) is 2. The van der Waals surface area contributed by atoms with Crippen molar-refractivity contribution < 1.29 is 13.9 Å². The van der Waals surface area contributed by atoms with Crippen molar-refractivity contribution in [1.82, 2.24) is 9.97 Å². The molecule has 0 spiro atoms. The second-order valence-corrected chi connectivity index (χ2v) is 5.15. The Balaban J connectivity index is 2.06. The number of thiazole rings is 1. The fourth-order valence-electron chi connectivity index (χ4n) is 1.86. The highest BCUT2D eigenvalue weighted by Gasteiger charge is 2.22. The molecule has 0 bridgehead atoms. The van der Waals surface area contributed by atoms with E-state index in [9.17, 15) is 4.79 Å². The van der Waals surface area contributed by atoms with Crippen molar-refractivity contribution in [1.29, 1.82) is 0 Å². The van der Waals surface area contributed by atoms with E-state index in [0.717, 1.165) is 11.3 Å². The van der Waals surface area contributed by atoms with Crippen LogP contribution in [-0.4, -0.2) is 22.9 Å². The van der Waals surface area contributed by atoms with Crippen LogP contribution >= 0.6 is 11.3 Å². The normalized spacial score (nSPS) is 10.5. The third-order valence-corrected chi connectivity index (χ3v) is 3.69. The second-order valence-electron chi connectivity index (χ2n) is 4.12. The van der Waals surface area contributed by atoms with Crippen LogP contribution in [0.2, 0.25) is 0 Å². The molecular formula is C14H11N3O3S. The van der Waals surface area contributed by atoms with Crippen molar-refractivity contribution in [3.05, 3.63) is 47.2 Å². The van der Waals surface area contributed by atoms with Crippen LogP contribution in [0, 0.1) is 0 Å². The quantitative estimate of drug-likeness (QED) is 0.745. The summed E-state index contributed by atoms with van der Waals surface area (Å²) in [6.07, 6.45) is 3.04. The predicted octanol–water partition coefficient (Wildman–Crippen LogP) is 2.62. The first-order chi connectivity index (χ1) is 10.2. The number of ether oxygens (including phenoxy) is 1. The highest BCUT2D eigenvalue weighted by atomic mass is 32.1. The van der Waals surface area contributed by atoms with Crippen LogP contribution in [0.1, 0.15) is 15.2 Å². The van der Waals surface area contributed by atoms with E-state index in [4.69, 9.17) is 14.9 Å². The molecule has 3 aromatic heterocycles. The van der Waals surface area contributed by atoms with Gasteiger partial charge in [-0.05, 0) is 18.2 Å². The fourth-order valence-corrected chi connectivity index (χ4v) is 2.66. The van der Waals surface area contributed by atoms with Crippen molar-refractivity contribution in [2.75, 3.05) is 12.8 Å². The number of rotatable bonds is 4. The monoisotopic (exact) mass is 301 g/mol. The van der Waals surface area contributed by atoms with Gasteiger partial charge in [-0.2, -0.15) is 0 Å². The zero-order chi connectivity index (χ0) is 14.8. The average molecular weight is 301 g/mol. The number of methoxy groups -OCH3 is 1. The summed E-state index contributed by atoms with van der Waals surface area (Å²) in [7, 11) is 1.50. The molecule has 3 rings (SSSR count). The summed E-state index contributed by atoms with van der Waals surface area (Å²) < 4.78 is 10.3. The van der Waals surface area contributed by atoms with Crippen LogP contribution < -0.4 is 10.5 Å². The summed E-state index contributed by atoms with van der Waals surface area (Å²) in [6, 6.07) is 6.66. The molecule has 6 nitrogen and oxygen atoms in total. The van der Waals surface area contributed by atoms with E-state index in [1.54, 1.807) is 24.3 Å². The summed E-state index contributed by atoms with van der Waals surface area (Å²) in [4.78, 5) is 21.2. The van der Waals surface area contributed by atoms with Crippen molar-refractivity contribution in [3.63, 3.8) is 0 Å². The topological polar surface area (TPSA) is 91.2 Å². The predicted molar refractivity (Wildman–Crippen MR) is 78.4 cm³/mol. The molecular weight excluding hydrogens is 290 g/mol. The Kier molecular flexibility index (Phi) is 3.41. The maximum Gasteiger partial charge on any atom is 0.213 e. The van der Waals surface area contributed by atoms with Gasteiger partial charge in [0, 0.05) is 17.8 Å². The lowest BCUT2D eigenvalue weighted by molar-refractivity contribution is 0.104. The van der Waals surface area contributed by atoms with E-state index in [0.29, 0.717) is 32.9 Å². The lowest BCUT2D eigenvalue weighted by atomic mass is 10.1. The van der Waals surface area contributed by atoms with Gasteiger partial charge in [0.15, 0.2) is 10.9 Å². The molecule has 0 saturated heterocycles. The molecule has 0 atom stereocenters. The van der Waals surface area contributed by atoms with Crippen LogP contribution in [-0.2, 0) is 0 Å². The lowest BCUT2D eigenvalue weighted by Crippen LogP contribution is -2.02. The molecule has 0 saturated carbocycles. The Morgan fingerprint density at radius 1 is 1.43 bits per heavy atom. The first kappa shape index (κ1) is 13.3. The van der Waals surface area contributed by atoms with Gasteiger partial charge >= 0.3 is 0 Å². The van der Waals surface area contributed by atoms with Gasteiger partial charge in [-0.15, -0.1) is 0 Å². The van der Waals surface area contributed by atoms with E-state index in [2.05, 4.69) is 9.97 Å². The van der Waals surface area contributed by atoms with E-state index >= 15 is 0 Å². The number of ketones is 1. The summed E-state index contributed by atoms with van der Waals surface area (Å²) in [5, 5.41) is 0.311. The van der Waals surface area contributed by atoms with Crippen LogP contribution in [0.4, 0.5) is 5.13 Å². The summed E-state index contributed by atoms with van der Waals surface area (Å²) in [6.45, 7) is 0. The Morgan fingerprint density at radius 3 is 3.00 bits per heavy atom. The van der Waals surface area contributed by atoms with Gasteiger partial charge in [0.1, 0.15) is 10.6 Å². The molecule has 0 aliphatic heterocycles. The SMILES string of the molecule is COc1cc(C(=O)c2sc(N)nc2-c2ccco2)ccn1. The van der Waals surface area contributed by atoms with Crippen molar-refractivity contribution in [2.24, 2.45) is 0 Å². The molecule has 0 aliphatic rings. The number of hydrogen-bond acceptors (Lipinski definition) is 7. The maximum atomic E-state index is 12.6. The number of anilines is 1. The van der Waals surface area contributed by atoms with E-state index < -0.39 is 0 Å². The highest BCUT2D eigenvalue weighted by molar-refractivity contribution is 7.18. The van der Waals surface area contributed by atoms with Gasteiger partial charge in [0.25, 0.3) is 0 Å². The summed E-state index contributed by atoms with van der Waals surface area (Å²) in [5.74, 6) is 0.682. The molecule has 0 unspecified atom stereocenters. The summed E-state index contributed by atoms with van der Waals surface area (Å²) in [5.41, 5.74) is 6.64. The van der Waals surface area contributed by atoms with Gasteiger partial charge in [0.05, 0.1) is 13.4 Å². The van der Waals surface area contributed by atoms with Crippen molar-refractivity contribution >= 4 is 22.3 Å². The molecule has 7 heteroatoms. The third-order valence-electron chi connectivity index (χ3n) is 2.81. The Morgan fingerprint density at radius 2 is 2.29 bits per heavy atom. The Labute approximate surface area is 124 Å². The van der Waals surface area contributed by atoms with Crippen LogP contribution in [0.25, 0.3) is 11.5 Å². The molecule has 3 aromatic rings. The third kappa shape index (κ3) is 2.50. The zero-order valence-corrected chi connectivity index (χ0v) is 11.9. The van der Waals surface area contributed by atoms with Gasteiger partial charge < -0.3 is 14.9 Å². The van der Waals surface area contributed by atoms with Crippen molar-refractivity contribution in [2.45, 2.75) is 0 Å². The van der Waals surface area contributed by atoms with Gasteiger partial charge in [-0.1, -0.05) is 11.3 Å². The molecule has 0 aromatic carbocycles. The zero-order valence-electron chi connectivity index (χ0n) is 11.1. The smallest absolute Gasteiger partial charge is 0.213 e. The number of hydrogen-bond donors (Lipinski definition) is 1. The highest BCUT2D eigenvalue weighted by Crippen LogP contribution is 2.32. The Bertz CT molecular complexity index is 781. The lowest BCUT2D eigenvalue weighted by Gasteiger charge is -2.02. The first-order valence-electron chi connectivity index (χ1n) is 6.04. The molecule has 0 fully saturated rings. The maximum absolute atomic E-state index is 12.6. The molecule has 106 valence electrons. The van der Waals surface area contributed by atoms with Crippen LogP contribution in [0.5, 0.6) is 5.88 Å². The van der Waals surface area contributed by atoms with Crippen LogP contribution in [0.15, 0.2) is 41.1 Å². The largest absolute Gasteiger partial charge is 0.481 e. The second kappa shape index (κ2) is 5.37.